The Morgan fingerprint density at radius 3 is 2.30 bits per heavy atom. The lowest BCUT2D eigenvalue weighted by molar-refractivity contribution is 0.412. The Kier molecular flexibility index (Phi) is 4.99. The quantitative estimate of drug-likeness (QED) is 0.761. The molecule has 0 heterocycles. The predicted molar refractivity (Wildman–Crippen MR) is 82.1 cm³/mol. The molecule has 0 unspecified atom stereocenters. The molecule has 106 valence electrons. The lowest BCUT2D eigenvalue weighted by Gasteiger charge is -2.11. The molecule has 2 aromatic carbocycles. The maximum Gasteiger partial charge on any atom is 0.150 e. The summed E-state index contributed by atoms with van der Waals surface area (Å²) in [6, 6.07) is 7.88. The van der Waals surface area contributed by atoms with Gasteiger partial charge in [-0.1, -0.05) is 22.0 Å². The van der Waals surface area contributed by atoms with Crippen molar-refractivity contribution in [2.24, 2.45) is 0 Å². The van der Waals surface area contributed by atoms with Crippen molar-refractivity contribution in [3.8, 4) is 5.75 Å². The molecule has 0 aliphatic carbocycles. The Bertz CT molecular complexity index is 612. The van der Waals surface area contributed by atoms with Crippen molar-refractivity contribution in [2.75, 3.05) is 12.4 Å². The molecule has 6 heteroatoms. The SMILES string of the molecule is COc1ccc(CNc2c(F)cc(Br)cc2F)cc1Br. The van der Waals surface area contributed by atoms with Crippen LogP contribution in [0.2, 0.25) is 0 Å². The Hall–Kier alpha value is -1.14. The minimum absolute atomic E-state index is 0.139. The first-order valence-electron chi connectivity index (χ1n) is 5.72. The molecule has 0 saturated heterocycles. The van der Waals surface area contributed by atoms with Gasteiger partial charge in [-0.25, -0.2) is 8.78 Å². The van der Waals surface area contributed by atoms with Gasteiger partial charge in [-0.2, -0.15) is 0 Å². The second-order valence-corrected chi connectivity index (χ2v) is 5.84. The smallest absolute Gasteiger partial charge is 0.150 e. The highest BCUT2D eigenvalue weighted by atomic mass is 79.9. The first-order chi connectivity index (χ1) is 9.51. The molecule has 0 amide bonds. The van der Waals surface area contributed by atoms with Crippen molar-refractivity contribution in [3.05, 3.63) is 56.5 Å². The van der Waals surface area contributed by atoms with E-state index >= 15 is 0 Å². The van der Waals surface area contributed by atoms with Gasteiger partial charge >= 0.3 is 0 Å². The normalized spacial score (nSPS) is 10.4. The molecule has 0 radical (unpaired) electrons. The Morgan fingerprint density at radius 2 is 1.75 bits per heavy atom. The summed E-state index contributed by atoms with van der Waals surface area (Å²) in [5.41, 5.74) is 0.736. The fraction of sp³-hybridized carbons (Fsp3) is 0.143. The van der Waals surface area contributed by atoms with Crippen LogP contribution in [0.5, 0.6) is 5.75 Å². The van der Waals surface area contributed by atoms with E-state index in [9.17, 15) is 8.78 Å². The first kappa shape index (κ1) is 15.3. The van der Waals surface area contributed by atoms with Crippen molar-refractivity contribution in [1.82, 2.24) is 0 Å². The fourth-order valence-corrected chi connectivity index (χ4v) is 2.71. The molecule has 20 heavy (non-hydrogen) atoms. The molecule has 2 aromatic rings. The van der Waals surface area contributed by atoms with Gasteiger partial charge in [0.05, 0.1) is 11.6 Å². The zero-order valence-electron chi connectivity index (χ0n) is 10.5. The minimum Gasteiger partial charge on any atom is -0.496 e. The van der Waals surface area contributed by atoms with Gasteiger partial charge in [-0.05, 0) is 45.8 Å². The number of hydrogen-bond donors (Lipinski definition) is 1. The lowest BCUT2D eigenvalue weighted by atomic mass is 10.2. The molecular weight excluding hydrogens is 396 g/mol. The first-order valence-corrected chi connectivity index (χ1v) is 7.30. The van der Waals surface area contributed by atoms with Gasteiger partial charge < -0.3 is 10.1 Å². The van der Waals surface area contributed by atoms with Gasteiger partial charge in [0, 0.05) is 11.0 Å². The molecule has 0 bridgehead atoms. The van der Waals surface area contributed by atoms with Crippen LogP contribution in [0.3, 0.4) is 0 Å². The van der Waals surface area contributed by atoms with E-state index in [0.29, 0.717) is 16.8 Å². The van der Waals surface area contributed by atoms with Gasteiger partial charge in [0.25, 0.3) is 0 Å². The van der Waals surface area contributed by atoms with Crippen molar-refractivity contribution in [2.45, 2.75) is 6.54 Å². The Morgan fingerprint density at radius 1 is 1.10 bits per heavy atom. The van der Waals surface area contributed by atoms with E-state index < -0.39 is 11.6 Å². The number of halogens is 4. The van der Waals surface area contributed by atoms with Gasteiger partial charge in [-0.3, -0.25) is 0 Å². The highest BCUT2D eigenvalue weighted by Gasteiger charge is 2.10. The van der Waals surface area contributed by atoms with E-state index in [0.717, 1.165) is 10.0 Å². The van der Waals surface area contributed by atoms with Gasteiger partial charge in [-0.15, -0.1) is 0 Å². The van der Waals surface area contributed by atoms with Crippen LogP contribution >= 0.6 is 31.9 Å². The summed E-state index contributed by atoms with van der Waals surface area (Å²) in [5, 5.41) is 2.76. The third kappa shape index (κ3) is 3.49. The third-order valence-corrected chi connectivity index (χ3v) is 3.77. The highest BCUT2D eigenvalue weighted by Crippen LogP contribution is 2.27. The van der Waals surface area contributed by atoms with Crippen LogP contribution in [-0.4, -0.2) is 7.11 Å². The highest BCUT2D eigenvalue weighted by molar-refractivity contribution is 9.10. The van der Waals surface area contributed by atoms with Crippen LogP contribution in [0.25, 0.3) is 0 Å². The molecule has 0 aliphatic heterocycles. The molecule has 0 aromatic heterocycles. The summed E-state index contributed by atoms with van der Waals surface area (Å²) >= 11 is 6.41. The van der Waals surface area contributed by atoms with Crippen LogP contribution in [0.4, 0.5) is 14.5 Å². The zero-order chi connectivity index (χ0) is 14.7. The molecule has 1 N–H and O–H groups in total. The van der Waals surface area contributed by atoms with Gasteiger partial charge in [0.1, 0.15) is 23.1 Å². The summed E-state index contributed by atoms with van der Waals surface area (Å²) in [7, 11) is 1.57. The van der Waals surface area contributed by atoms with Crippen molar-refractivity contribution in [3.63, 3.8) is 0 Å². The van der Waals surface area contributed by atoms with Crippen LogP contribution < -0.4 is 10.1 Å². The zero-order valence-corrected chi connectivity index (χ0v) is 13.7. The van der Waals surface area contributed by atoms with E-state index in [1.165, 1.54) is 12.1 Å². The van der Waals surface area contributed by atoms with E-state index in [1.807, 2.05) is 12.1 Å². The second-order valence-electron chi connectivity index (χ2n) is 4.07. The average molecular weight is 407 g/mol. The molecule has 0 spiro atoms. The van der Waals surface area contributed by atoms with E-state index in [2.05, 4.69) is 37.2 Å². The number of benzene rings is 2. The van der Waals surface area contributed by atoms with Crippen LogP contribution in [0.1, 0.15) is 5.56 Å². The van der Waals surface area contributed by atoms with Gasteiger partial charge in [0.15, 0.2) is 0 Å². The summed E-state index contributed by atoms with van der Waals surface area (Å²) in [6.45, 7) is 0.304. The largest absolute Gasteiger partial charge is 0.496 e. The topological polar surface area (TPSA) is 21.3 Å². The predicted octanol–water partition coefficient (Wildman–Crippen LogP) is 5.11. The van der Waals surface area contributed by atoms with E-state index in [4.69, 9.17) is 4.74 Å². The van der Waals surface area contributed by atoms with Crippen LogP contribution in [0.15, 0.2) is 39.3 Å². The standard InChI is InChI=1S/C14H11Br2F2NO/c1-20-13-3-2-8(4-10(13)16)7-19-14-11(17)5-9(15)6-12(14)18/h2-6,19H,7H2,1H3. The van der Waals surface area contributed by atoms with Crippen LogP contribution in [-0.2, 0) is 6.54 Å². The van der Waals surface area contributed by atoms with E-state index in [1.54, 1.807) is 13.2 Å². The summed E-state index contributed by atoms with van der Waals surface area (Å²) < 4.78 is 33.6. The number of anilines is 1. The second kappa shape index (κ2) is 6.54. The molecule has 2 nitrogen and oxygen atoms in total. The summed E-state index contributed by atoms with van der Waals surface area (Å²) in [4.78, 5) is 0. The molecule has 0 saturated carbocycles. The minimum atomic E-state index is -0.635. The average Bonchev–Trinajstić information content (AvgIpc) is 2.37. The number of ether oxygens (including phenoxy) is 1. The number of hydrogen-bond acceptors (Lipinski definition) is 2. The number of methoxy groups -OCH3 is 1. The molecule has 2 rings (SSSR count). The Balaban J connectivity index is 2.15. The summed E-state index contributed by atoms with van der Waals surface area (Å²) in [5.74, 6) is -0.566. The monoisotopic (exact) mass is 405 g/mol. The maximum absolute atomic E-state index is 13.7. The van der Waals surface area contributed by atoms with E-state index in [-0.39, 0.29) is 5.69 Å². The molecule has 0 aliphatic rings. The number of rotatable bonds is 4. The van der Waals surface area contributed by atoms with Crippen molar-refractivity contribution < 1.29 is 13.5 Å². The maximum atomic E-state index is 13.7. The fourth-order valence-electron chi connectivity index (χ4n) is 1.72. The lowest BCUT2D eigenvalue weighted by Crippen LogP contribution is -2.04. The van der Waals surface area contributed by atoms with Crippen LogP contribution in [0, 0.1) is 11.6 Å². The summed E-state index contributed by atoms with van der Waals surface area (Å²) in [6.07, 6.45) is 0. The molecule has 0 fully saturated rings. The van der Waals surface area contributed by atoms with Crippen molar-refractivity contribution in [1.29, 1.82) is 0 Å². The Labute approximate surface area is 132 Å². The van der Waals surface area contributed by atoms with Crippen molar-refractivity contribution >= 4 is 37.5 Å². The molecular formula is C14H11Br2F2NO. The number of nitrogens with one attached hydrogen (secondary N) is 1. The third-order valence-electron chi connectivity index (χ3n) is 2.69. The van der Waals surface area contributed by atoms with Gasteiger partial charge in [0.2, 0.25) is 0 Å². The molecule has 0 atom stereocenters.